The summed E-state index contributed by atoms with van der Waals surface area (Å²) in [5.74, 6) is 0.113. The molecule has 0 spiro atoms. The van der Waals surface area contributed by atoms with Gasteiger partial charge in [0.15, 0.2) is 0 Å². The van der Waals surface area contributed by atoms with Gasteiger partial charge in [-0.2, -0.15) is 0 Å². The Morgan fingerprint density at radius 3 is 2.47 bits per heavy atom. The highest BCUT2D eigenvalue weighted by atomic mass is 32.2. The van der Waals surface area contributed by atoms with Crippen molar-refractivity contribution in [3.8, 4) is 0 Å². The van der Waals surface area contributed by atoms with Crippen molar-refractivity contribution in [3.63, 3.8) is 0 Å². The van der Waals surface area contributed by atoms with Crippen molar-refractivity contribution in [1.29, 1.82) is 0 Å². The van der Waals surface area contributed by atoms with Crippen molar-refractivity contribution in [2.24, 2.45) is 0 Å². The molecule has 0 aromatic heterocycles. The van der Waals surface area contributed by atoms with Crippen LogP contribution in [0.25, 0.3) is 16.8 Å². The Bertz CT molecular complexity index is 1200. The van der Waals surface area contributed by atoms with Crippen LogP contribution in [0.2, 0.25) is 0 Å². The van der Waals surface area contributed by atoms with Gasteiger partial charge in [-0.15, -0.1) is 0 Å². The number of hydrogen-bond donors (Lipinski definition) is 0. The lowest BCUT2D eigenvalue weighted by atomic mass is 10.1. The smallest absolute Gasteiger partial charge is 0.246 e. The van der Waals surface area contributed by atoms with Gasteiger partial charge in [0.1, 0.15) is 0 Å². The van der Waals surface area contributed by atoms with Crippen LogP contribution in [-0.4, -0.2) is 38.6 Å². The molecule has 1 heterocycles. The standard InChI is InChI=1S/C24H24N2O3S/c1-25(18-20-7-11-21-5-2-3-6-22(21)17-20)24(27)14-10-19-8-12-23(13-9-19)26-15-4-16-30(26,28)29/h2-3,5-14,17H,4,15-16,18H2,1H3/b14-10+. The molecule has 1 fully saturated rings. The van der Waals surface area contributed by atoms with Gasteiger partial charge < -0.3 is 4.90 Å². The van der Waals surface area contributed by atoms with Crippen LogP contribution in [0.5, 0.6) is 0 Å². The Labute approximate surface area is 177 Å². The number of rotatable bonds is 5. The maximum Gasteiger partial charge on any atom is 0.246 e. The normalized spacial score (nSPS) is 15.7. The molecule has 0 radical (unpaired) electrons. The molecule has 30 heavy (non-hydrogen) atoms. The van der Waals surface area contributed by atoms with Gasteiger partial charge in [0, 0.05) is 26.2 Å². The molecule has 0 bridgehead atoms. The van der Waals surface area contributed by atoms with Crippen molar-refractivity contribution in [3.05, 3.63) is 83.9 Å². The molecule has 6 heteroatoms. The van der Waals surface area contributed by atoms with Crippen LogP contribution in [0, 0.1) is 0 Å². The first-order valence-corrected chi connectivity index (χ1v) is 11.5. The number of likely N-dealkylation sites (N-methyl/N-ethyl adjacent to an activating group) is 1. The third-order valence-electron chi connectivity index (χ3n) is 5.31. The van der Waals surface area contributed by atoms with E-state index < -0.39 is 10.0 Å². The zero-order valence-electron chi connectivity index (χ0n) is 16.9. The van der Waals surface area contributed by atoms with Gasteiger partial charge in [-0.05, 0) is 52.6 Å². The number of carbonyl (C=O) groups excluding carboxylic acids is 1. The monoisotopic (exact) mass is 420 g/mol. The number of sulfonamides is 1. The van der Waals surface area contributed by atoms with E-state index in [9.17, 15) is 13.2 Å². The summed E-state index contributed by atoms with van der Waals surface area (Å²) >= 11 is 0. The van der Waals surface area contributed by atoms with Crippen molar-refractivity contribution in [2.45, 2.75) is 13.0 Å². The predicted molar refractivity (Wildman–Crippen MR) is 122 cm³/mol. The van der Waals surface area contributed by atoms with Crippen LogP contribution in [0.1, 0.15) is 17.5 Å². The minimum absolute atomic E-state index is 0.0886. The molecule has 0 atom stereocenters. The molecular formula is C24H24N2O3S. The second kappa shape index (κ2) is 8.32. The molecule has 0 unspecified atom stereocenters. The minimum Gasteiger partial charge on any atom is -0.338 e. The van der Waals surface area contributed by atoms with Crippen molar-refractivity contribution in [2.75, 3.05) is 23.7 Å². The van der Waals surface area contributed by atoms with E-state index in [0.29, 0.717) is 25.2 Å². The van der Waals surface area contributed by atoms with Gasteiger partial charge in [0.25, 0.3) is 0 Å². The third-order valence-corrected chi connectivity index (χ3v) is 7.18. The average molecular weight is 421 g/mol. The van der Waals surface area contributed by atoms with Crippen LogP contribution in [0.4, 0.5) is 5.69 Å². The van der Waals surface area contributed by atoms with E-state index in [2.05, 4.69) is 24.3 Å². The lowest BCUT2D eigenvalue weighted by Gasteiger charge is -2.17. The zero-order chi connectivity index (χ0) is 21.1. The number of hydrogen-bond acceptors (Lipinski definition) is 3. The third kappa shape index (κ3) is 4.39. The van der Waals surface area contributed by atoms with E-state index in [4.69, 9.17) is 0 Å². The summed E-state index contributed by atoms with van der Waals surface area (Å²) < 4.78 is 25.5. The van der Waals surface area contributed by atoms with Crippen LogP contribution in [-0.2, 0) is 21.4 Å². The Morgan fingerprint density at radius 1 is 1.03 bits per heavy atom. The second-order valence-corrected chi connectivity index (χ2v) is 9.56. The van der Waals surface area contributed by atoms with E-state index in [1.54, 1.807) is 36.2 Å². The van der Waals surface area contributed by atoms with Crippen LogP contribution < -0.4 is 4.31 Å². The molecule has 1 saturated heterocycles. The maximum atomic E-state index is 12.5. The summed E-state index contributed by atoms with van der Waals surface area (Å²) in [7, 11) is -1.40. The number of anilines is 1. The van der Waals surface area contributed by atoms with E-state index >= 15 is 0 Å². The molecule has 1 amide bonds. The molecule has 0 aliphatic carbocycles. The fourth-order valence-corrected chi connectivity index (χ4v) is 5.23. The highest BCUT2D eigenvalue weighted by Crippen LogP contribution is 2.24. The van der Waals surface area contributed by atoms with E-state index in [0.717, 1.165) is 16.5 Å². The average Bonchev–Trinajstić information content (AvgIpc) is 3.11. The second-order valence-electron chi connectivity index (χ2n) is 7.54. The maximum absolute atomic E-state index is 12.5. The first kappa shape index (κ1) is 20.2. The summed E-state index contributed by atoms with van der Waals surface area (Å²) in [6.07, 6.45) is 3.95. The fourth-order valence-electron chi connectivity index (χ4n) is 3.66. The van der Waals surface area contributed by atoms with Gasteiger partial charge in [-0.3, -0.25) is 9.10 Å². The number of amides is 1. The summed E-state index contributed by atoms with van der Waals surface area (Å²) in [6.45, 7) is 1.05. The van der Waals surface area contributed by atoms with Crippen molar-refractivity contribution >= 4 is 38.5 Å². The van der Waals surface area contributed by atoms with Gasteiger partial charge >= 0.3 is 0 Å². The Morgan fingerprint density at radius 2 is 1.77 bits per heavy atom. The lowest BCUT2D eigenvalue weighted by Crippen LogP contribution is -2.24. The van der Waals surface area contributed by atoms with E-state index in [-0.39, 0.29) is 11.7 Å². The number of nitrogens with zero attached hydrogens (tertiary/aromatic N) is 2. The van der Waals surface area contributed by atoms with Crippen molar-refractivity contribution in [1.82, 2.24) is 4.90 Å². The topological polar surface area (TPSA) is 57.7 Å². The Balaban J connectivity index is 1.40. The zero-order valence-corrected chi connectivity index (χ0v) is 17.7. The van der Waals surface area contributed by atoms with Gasteiger partial charge in [0.2, 0.25) is 15.9 Å². The van der Waals surface area contributed by atoms with E-state index in [1.807, 2.05) is 30.3 Å². The van der Waals surface area contributed by atoms with Crippen LogP contribution in [0.3, 0.4) is 0 Å². The van der Waals surface area contributed by atoms with Crippen LogP contribution in [0.15, 0.2) is 72.8 Å². The Kier molecular flexibility index (Phi) is 5.59. The highest BCUT2D eigenvalue weighted by Gasteiger charge is 2.28. The number of benzene rings is 3. The van der Waals surface area contributed by atoms with Gasteiger partial charge in [-0.25, -0.2) is 8.42 Å². The van der Waals surface area contributed by atoms with Crippen LogP contribution >= 0.6 is 0 Å². The molecule has 0 saturated carbocycles. The first-order valence-electron chi connectivity index (χ1n) is 9.94. The fraction of sp³-hybridized carbons (Fsp3) is 0.208. The van der Waals surface area contributed by atoms with Gasteiger partial charge in [-0.1, -0.05) is 48.5 Å². The minimum atomic E-state index is -3.18. The molecule has 4 rings (SSSR count). The lowest BCUT2D eigenvalue weighted by molar-refractivity contribution is -0.125. The first-order chi connectivity index (χ1) is 14.4. The number of fused-ring (bicyclic) bond motifs is 1. The summed E-state index contributed by atoms with van der Waals surface area (Å²) in [5, 5.41) is 2.34. The molecule has 1 aliphatic rings. The molecule has 0 N–H and O–H groups in total. The van der Waals surface area contributed by atoms with Crippen molar-refractivity contribution < 1.29 is 13.2 Å². The summed E-state index contributed by atoms with van der Waals surface area (Å²) in [6, 6.07) is 21.6. The largest absolute Gasteiger partial charge is 0.338 e. The molecule has 3 aromatic rings. The molecule has 5 nitrogen and oxygen atoms in total. The molecule has 154 valence electrons. The SMILES string of the molecule is CN(Cc1ccc2ccccc2c1)C(=O)/C=C/c1ccc(N2CCCS2(=O)=O)cc1. The molecule has 1 aliphatic heterocycles. The quantitative estimate of drug-likeness (QED) is 0.585. The number of carbonyl (C=O) groups is 1. The summed E-state index contributed by atoms with van der Waals surface area (Å²) in [4.78, 5) is 14.2. The summed E-state index contributed by atoms with van der Waals surface area (Å²) in [5.41, 5.74) is 2.60. The molecule has 3 aromatic carbocycles. The van der Waals surface area contributed by atoms with Gasteiger partial charge in [0.05, 0.1) is 11.4 Å². The predicted octanol–water partition coefficient (Wildman–Crippen LogP) is 4.05. The van der Waals surface area contributed by atoms with E-state index in [1.165, 1.54) is 9.69 Å². The Hall–Kier alpha value is -3.12. The molecular weight excluding hydrogens is 396 g/mol. The highest BCUT2D eigenvalue weighted by molar-refractivity contribution is 7.93.